The number of carbonyl (C=O) groups is 2. The Kier molecular flexibility index (Phi) is 4.16. The third kappa shape index (κ3) is 3.25. The van der Waals surface area contributed by atoms with Crippen LogP contribution in [0.3, 0.4) is 0 Å². The quantitative estimate of drug-likeness (QED) is 0.774. The SMILES string of the molecule is CC(C)(CNC(=O)c1ccc(-c2ccco2)[nH]c1=O)C(=O)O. The van der Waals surface area contributed by atoms with Crippen molar-refractivity contribution in [2.45, 2.75) is 13.8 Å². The molecule has 0 fully saturated rings. The molecule has 2 aromatic rings. The minimum atomic E-state index is -1.11. The van der Waals surface area contributed by atoms with E-state index in [4.69, 9.17) is 9.52 Å². The van der Waals surface area contributed by atoms with Gasteiger partial charge in [0.15, 0.2) is 0 Å². The summed E-state index contributed by atoms with van der Waals surface area (Å²) in [5, 5.41) is 11.4. The second kappa shape index (κ2) is 5.88. The van der Waals surface area contributed by atoms with Gasteiger partial charge in [-0.3, -0.25) is 14.4 Å². The maximum Gasteiger partial charge on any atom is 0.310 e. The maximum absolute atomic E-state index is 12.0. The van der Waals surface area contributed by atoms with Crippen LogP contribution in [0, 0.1) is 5.41 Å². The summed E-state index contributed by atoms with van der Waals surface area (Å²) in [6.07, 6.45) is 1.47. The Balaban J connectivity index is 2.14. The van der Waals surface area contributed by atoms with Crippen molar-refractivity contribution in [2.75, 3.05) is 6.54 Å². The Morgan fingerprint density at radius 1 is 1.32 bits per heavy atom. The summed E-state index contributed by atoms with van der Waals surface area (Å²) in [6.45, 7) is 2.89. The highest BCUT2D eigenvalue weighted by atomic mass is 16.4. The fourth-order valence-corrected chi connectivity index (χ4v) is 1.70. The molecule has 0 spiro atoms. The van der Waals surface area contributed by atoms with E-state index in [9.17, 15) is 14.4 Å². The van der Waals surface area contributed by atoms with Crippen molar-refractivity contribution in [3.05, 3.63) is 46.4 Å². The molecule has 0 aromatic carbocycles. The number of furan rings is 1. The Morgan fingerprint density at radius 3 is 2.59 bits per heavy atom. The fourth-order valence-electron chi connectivity index (χ4n) is 1.70. The number of nitrogens with one attached hydrogen (secondary N) is 2. The van der Waals surface area contributed by atoms with Gasteiger partial charge in [0.2, 0.25) is 0 Å². The van der Waals surface area contributed by atoms with Crippen molar-refractivity contribution in [3.8, 4) is 11.5 Å². The van der Waals surface area contributed by atoms with Gasteiger partial charge in [-0.05, 0) is 38.1 Å². The van der Waals surface area contributed by atoms with Gasteiger partial charge in [-0.2, -0.15) is 0 Å². The van der Waals surface area contributed by atoms with Crippen molar-refractivity contribution < 1.29 is 19.1 Å². The number of carboxylic acid groups (broad SMARTS) is 1. The average Bonchev–Trinajstić information content (AvgIpc) is 2.98. The molecule has 0 atom stereocenters. The van der Waals surface area contributed by atoms with Crippen LogP contribution < -0.4 is 10.9 Å². The molecule has 0 saturated heterocycles. The van der Waals surface area contributed by atoms with Crippen LogP contribution in [0.1, 0.15) is 24.2 Å². The first-order chi connectivity index (χ1) is 10.3. The van der Waals surface area contributed by atoms with Gasteiger partial charge in [0.1, 0.15) is 11.3 Å². The molecule has 0 radical (unpaired) electrons. The van der Waals surface area contributed by atoms with Crippen LogP contribution in [0.5, 0.6) is 0 Å². The van der Waals surface area contributed by atoms with E-state index in [1.54, 1.807) is 18.2 Å². The van der Waals surface area contributed by atoms with Crippen molar-refractivity contribution >= 4 is 11.9 Å². The fraction of sp³-hybridized carbons (Fsp3) is 0.267. The minimum Gasteiger partial charge on any atom is -0.481 e. The molecule has 7 nitrogen and oxygen atoms in total. The second-order valence-corrected chi connectivity index (χ2v) is 5.46. The summed E-state index contributed by atoms with van der Waals surface area (Å²) in [5.41, 5.74) is -1.32. The highest BCUT2D eigenvalue weighted by Gasteiger charge is 2.28. The number of H-pyrrole nitrogens is 1. The smallest absolute Gasteiger partial charge is 0.310 e. The molecule has 116 valence electrons. The van der Waals surface area contributed by atoms with Crippen LogP contribution in [0.15, 0.2) is 39.7 Å². The predicted molar refractivity (Wildman–Crippen MR) is 78.5 cm³/mol. The number of carboxylic acids is 1. The average molecular weight is 304 g/mol. The lowest BCUT2D eigenvalue weighted by molar-refractivity contribution is -0.146. The molecule has 1 amide bonds. The molecule has 0 aliphatic heterocycles. The Bertz CT molecular complexity index is 744. The van der Waals surface area contributed by atoms with Gasteiger partial charge < -0.3 is 19.8 Å². The highest BCUT2D eigenvalue weighted by molar-refractivity contribution is 5.94. The van der Waals surface area contributed by atoms with Crippen molar-refractivity contribution in [1.29, 1.82) is 0 Å². The molecular formula is C15H16N2O5. The summed E-state index contributed by atoms with van der Waals surface area (Å²) in [7, 11) is 0. The standard InChI is InChI=1S/C15H16N2O5/c1-15(2,14(20)21)8-16-12(18)9-5-6-10(17-13(9)19)11-4-3-7-22-11/h3-7H,8H2,1-2H3,(H,16,18)(H,17,19)(H,20,21). The van der Waals surface area contributed by atoms with Crippen molar-refractivity contribution in [2.24, 2.45) is 5.41 Å². The number of amides is 1. The van der Waals surface area contributed by atoms with E-state index >= 15 is 0 Å². The number of aromatic amines is 1. The first-order valence-electron chi connectivity index (χ1n) is 6.60. The van der Waals surface area contributed by atoms with E-state index in [1.807, 2.05) is 0 Å². The summed E-state index contributed by atoms with van der Waals surface area (Å²) in [6, 6.07) is 6.29. The molecule has 2 rings (SSSR count). The lowest BCUT2D eigenvalue weighted by atomic mass is 9.94. The lowest BCUT2D eigenvalue weighted by Crippen LogP contribution is -2.40. The molecular weight excluding hydrogens is 288 g/mol. The minimum absolute atomic E-state index is 0.0828. The zero-order chi connectivity index (χ0) is 16.3. The first-order valence-corrected chi connectivity index (χ1v) is 6.60. The topological polar surface area (TPSA) is 112 Å². The molecule has 2 aromatic heterocycles. The zero-order valence-electron chi connectivity index (χ0n) is 12.2. The third-order valence-electron chi connectivity index (χ3n) is 3.21. The molecule has 0 saturated carbocycles. The van der Waals surface area contributed by atoms with E-state index < -0.39 is 22.9 Å². The molecule has 0 aliphatic rings. The number of carbonyl (C=O) groups excluding carboxylic acids is 1. The largest absolute Gasteiger partial charge is 0.481 e. The Labute approximate surface area is 126 Å². The summed E-state index contributed by atoms with van der Waals surface area (Å²) < 4.78 is 5.16. The van der Waals surface area contributed by atoms with Gasteiger partial charge in [-0.25, -0.2) is 0 Å². The number of aliphatic carboxylic acids is 1. The predicted octanol–water partition coefficient (Wildman–Crippen LogP) is 1.48. The van der Waals surface area contributed by atoms with Crippen LogP contribution in [-0.4, -0.2) is 28.5 Å². The van der Waals surface area contributed by atoms with E-state index in [0.717, 1.165) is 0 Å². The summed E-state index contributed by atoms with van der Waals surface area (Å²) in [5.74, 6) is -1.17. The Morgan fingerprint density at radius 2 is 2.05 bits per heavy atom. The number of aromatic nitrogens is 1. The monoisotopic (exact) mass is 304 g/mol. The van der Waals surface area contributed by atoms with Gasteiger partial charge >= 0.3 is 5.97 Å². The molecule has 3 N–H and O–H groups in total. The number of hydrogen-bond donors (Lipinski definition) is 3. The first kappa shape index (κ1) is 15.6. The van der Waals surface area contributed by atoms with E-state index in [-0.39, 0.29) is 12.1 Å². The lowest BCUT2D eigenvalue weighted by Gasteiger charge is -2.19. The molecule has 0 aliphatic carbocycles. The van der Waals surface area contributed by atoms with Crippen LogP contribution in [0.4, 0.5) is 0 Å². The van der Waals surface area contributed by atoms with E-state index in [0.29, 0.717) is 11.5 Å². The third-order valence-corrected chi connectivity index (χ3v) is 3.21. The van der Waals surface area contributed by atoms with Gasteiger partial charge in [-0.15, -0.1) is 0 Å². The van der Waals surface area contributed by atoms with Gasteiger partial charge in [-0.1, -0.05) is 0 Å². The Hall–Kier alpha value is -2.83. The van der Waals surface area contributed by atoms with Gasteiger partial charge in [0.25, 0.3) is 11.5 Å². The zero-order valence-corrected chi connectivity index (χ0v) is 12.2. The maximum atomic E-state index is 12.0. The van der Waals surface area contributed by atoms with Crippen LogP contribution in [-0.2, 0) is 4.79 Å². The number of hydrogen-bond acceptors (Lipinski definition) is 4. The number of rotatable bonds is 5. The van der Waals surface area contributed by atoms with Crippen LogP contribution in [0.2, 0.25) is 0 Å². The molecule has 2 heterocycles. The molecule has 22 heavy (non-hydrogen) atoms. The summed E-state index contributed by atoms with van der Waals surface area (Å²) in [4.78, 5) is 37.5. The normalized spacial score (nSPS) is 11.2. The highest BCUT2D eigenvalue weighted by Crippen LogP contribution is 2.16. The van der Waals surface area contributed by atoms with Gasteiger partial charge in [0.05, 0.1) is 17.4 Å². The van der Waals surface area contributed by atoms with E-state index in [1.165, 1.54) is 26.2 Å². The van der Waals surface area contributed by atoms with Crippen LogP contribution >= 0.6 is 0 Å². The van der Waals surface area contributed by atoms with Crippen molar-refractivity contribution in [1.82, 2.24) is 10.3 Å². The van der Waals surface area contributed by atoms with Gasteiger partial charge in [0, 0.05) is 6.54 Å². The number of pyridine rings is 1. The summed E-state index contributed by atoms with van der Waals surface area (Å²) >= 11 is 0. The van der Waals surface area contributed by atoms with E-state index in [2.05, 4.69) is 10.3 Å². The second-order valence-electron chi connectivity index (χ2n) is 5.46. The molecule has 0 unspecified atom stereocenters. The molecule has 7 heteroatoms. The van der Waals surface area contributed by atoms with Crippen LogP contribution in [0.25, 0.3) is 11.5 Å². The molecule has 0 bridgehead atoms. The van der Waals surface area contributed by atoms with Crippen molar-refractivity contribution in [3.63, 3.8) is 0 Å².